The first-order chi connectivity index (χ1) is 7.16. The first-order valence-electron chi connectivity index (χ1n) is 5.46. The summed E-state index contributed by atoms with van der Waals surface area (Å²) < 4.78 is 5.16. The Morgan fingerprint density at radius 3 is 2.80 bits per heavy atom. The standard InChI is InChI=1S/C13H16O2/c1-9(15-10(2)14)12-7-6-11-4-3-5-13(11)8-12/h6-9H,3-5H2,1-2H3. The maximum Gasteiger partial charge on any atom is 0.303 e. The van der Waals surface area contributed by atoms with E-state index in [9.17, 15) is 4.79 Å². The topological polar surface area (TPSA) is 26.3 Å². The minimum absolute atomic E-state index is 0.131. The summed E-state index contributed by atoms with van der Waals surface area (Å²) in [6.07, 6.45) is 3.47. The van der Waals surface area contributed by atoms with Crippen LogP contribution in [0.15, 0.2) is 18.2 Å². The predicted octanol–water partition coefficient (Wildman–Crippen LogP) is 2.80. The molecular formula is C13H16O2. The van der Waals surface area contributed by atoms with Gasteiger partial charge in [0, 0.05) is 6.92 Å². The molecule has 0 fully saturated rings. The average Bonchev–Trinajstić information content (AvgIpc) is 2.62. The fourth-order valence-corrected chi connectivity index (χ4v) is 2.16. The van der Waals surface area contributed by atoms with Gasteiger partial charge in [0.1, 0.15) is 6.10 Å². The molecule has 1 aromatic carbocycles. The molecule has 0 spiro atoms. The summed E-state index contributed by atoms with van der Waals surface area (Å²) in [6, 6.07) is 6.41. The summed E-state index contributed by atoms with van der Waals surface area (Å²) in [5.74, 6) is -0.219. The van der Waals surface area contributed by atoms with Crippen molar-refractivity contribution in [3.05, 3.63) is 34.9 Å². The van der Waals surface area contributed by atoms with Crippen molar-refractivity contribution < 1.29 is 9.53 Å². The van der Waals surface area contributed by atoms with Crippen molar-refractivity contribution in [3.63, 3.8) is 0 Å². The van der Waals surface area contributed by atoms with Gasteiger partial charge in [0.15, 0.2) is 0 Å². The van der Waals surface area contributed by atoms with Gasteiger partial charge in [-0.05, 0) is 42.9 Å². The predicted molar refractivity (Wildman–Crippen MR) is 58.6 cm³/mol. The summed E-state index contributed by atoms with van der Waals surface area (Å²) in [5.41, 5.74) is 3.98. The highest BCUT2D eigenvalue weighted by atomic mass is 16.5. The Morgan fingerprint density at radius 1 is 1.33 bits per heavy atom. The second-order valence-electron chi connectivity index (χ2n) is 4.13. The van der Waals surface area contributed by atoms with Crippen LogP contribution in [0.1, 0.15) is 43.1 Å². The molecule has 0 saturated heterocycles. The molecule has 0 aliphatic heterocycles. The molecule has 0 radical (unpaired) electrons. The number of fused-ring (bicyclic) bond motifs is 1. The molecule has 2 rings (SSSR count). The number of carbonyl (C=O) groups excluding carboxylic acids is 1. The first-order valence-corrected chi connectivity index (χ1v) is 5.46. The Hall–Kier alpha value is -1.31. The van der Waals surface area contributed by atoms with Crippen LogP contribution < -0.4 is 0 Å². The molecule has 0 amide bonds. The molecule has 2 nitrogen and oxygen atoms in total. The van der Waals surface area contributed by atoms with E-state index in [0.717, 1.165) is 12.0 Å². The molecule has 0 saturated carbocycles. The average molecular weight is 204 g/mol. The third kappa shape index (κ3) is 2.20. The van der Waals surface area contributed by atoms with Gasteiger partial charge in [0.25, 0.3) is 0 Å². The molecule has 1 unspecified atom stereocenters. The highest BCUT2D eigenvalue weighted by Gasteiger charge is 2.14. The van der Waals surface area contributed by atoms with Crippen molar-refractivity contribution in [1.82, 2.24) is 0 Å². The minimum Gasteiger partial charge on any atom is -0.458 e. The number of ether oxygens (including phenoxy) is 1. The maximum absolute atomic E-state index is 10.8. The molecule has 2 heteroatoms. The number of esters is 1. The molecule has 1 atom stereocenters. The maximum atomic E-state index is 10.8. The van der Waals surface area contributed by atoms with Gasteiger partial charge in [0.05, 0.1) is 0 Å². The summed E-state index contributed by atoms with van der Waals surface area (Å²) in [6.45, 7) is 3.36. The Balaban J connectivity index is 2.19. The number of benzene rings is 1. The monoisotopic (exact) mass is 204 g/mol. The van der Waals surface area contributed by atoms with Crippen molar-refractivity contribution in [2.24, 2.45) is 0 Å². The van der Waals surface area contributed by atoms with Gasteiger partial charge in [-0.1, -0.05) is 18.2 Å². The smallest absolute Gasteiger partial charge is 0.303 e. The van der Waals surface area contributed by atoms with Crippen molar-refractivity contribution in [2.75, 3.05) is 0 Å². The molecule has 15 heavy (non-hydrogen) atoms. The van der Waals surface area contributed by atoms with E-state index in [1.807, 2.05) is 6.92 Å². The van der Waals surface area contributed by atoms with Gasteiger partial charge in [-0.25, -0.2) is 0 Å². The first kappa shape index (κ1) is 10.2. The molecule has 0 bridgehead atoms. The van der Waals surface area contributed by atoms with Gasteiger partial charge in [-0.3, -0.25) is 4.79 Å². The van der Waals surface area contributed by atoms with Crippen LogP contribution >= 0.6 is 0 Å². The van der Waals surface area contributed by atoms with Crippen LogP contribution in [0.4, 0.5) is 0 Å². The lowest BCUT2D eigenvalue weighted by molar-refractivity contribution is -0.145. The normalized spacial score (nSPS) is 15.9. The molecule has 1 aromatic rings. The van der Waals surface area contributed by atoms with Crippen molar-refractivity contribution in [1.29, 1.82) is 0 Å². The van der Waals surface area contributed by atoms with Crippen molar-refractivity contribution in [2.45, 2.75) is 39.2 Å². The van der Waals surface area contributed by atoms with Crippen LogP contribution in [-0.4, -0.2) is 5.97 Å². The highest BCUT2D eigenvalue weighted by Crippen LogP contribution is 2.26. The van der Waals surface area contributed by atoms with E-state index in [2.05, 4.69) is 18.2 Å². The second-order valence-corrected chi connectivity index (χ2v) is 4.13. The molecule has 0 N–H and O–H groups in total. The van der Waals surface area contributed by atoms with E-state index in [1.165, 1.54) is 30.9 Å². The summed E-state index contributed by atoms with van der Waals surface area (Å²) in [4.78, 5) is 10.8. The van der Waals surface area contributed by atoms with E-state index < -0.39 is 0 Å². The van der Waals surface area contributed by atoms with Crippen LogP contribution in [0.2, 0.25) is 0 Å². The van der Waals surface area contributed by atoms with Crippen molar-refractivity contribution >= 4 is 5.97 Å². The molecule has 1 aliphatic rings. The van der Waals surface area contributed by atoms with E-state index in [1.54, 1.807) is 0 Å². The largest absolute Gasteiger partial charge is 0.458 e. The zero-order valence-corrected chi connectivity index (χ0v) is 9.25. The summed E-state index contributed by atoms with van der Waals surface area (Å²) >= 11 is 0. The zero-order chi connectivity index (χ0) is 10.8. The number of carbonyl (C=O) groups is 1. The van der Waals surface area contributed by atoms with Gasteiger partial charge < -0.3 is 4.74 Å². The number of aryl methyl sites for hydroxylation is 2. The Kier molecular flexibility index (Phi) is 2.76. The Bertz CT molecular complexity index is 382. The van der Waals surface area contributed by atoms with Gasteiger partial charge >= 0.3 is 5.97 Å². The SMILES string of the molecule is CC(=O)OC(C)c1ccc2c(c1)CCC2. The summed E-state index contributed by atoms with van der Waals surface area (Å²) in [7, 11) is 0. The summed E-state index contributed by atoms with van der Waals surface area (Å²) in [5, 5.41) is 0. The van der Waals surface area contributed by atoms with E-state index in [4.69, 9.17) is 4.74 Å². The molecular weight excluding hydrogens is 188 g/mol. The fraction of sp³-hybridized carbons (Fsp3) is 0.462. The van der Waals surface area contributed by atoms with E-state index >= 15 is 0 Å². The van der Waals surface area contributed by atoms with Crippen LogP contribution in [0.25, 0.3) is 0 Å². The molecule has 1 aliphatic carbocycles. The Labute approximate surface area is 90.3 Å². The van der Waals surface area contributed by atoms with Gasteiger partial charge in [-0.2, -0.15) is 0 Å². The third-order valence-electron chi connectivity index (χ3n) is 2.93. The van der Waals surface area contributed by atoms with E-state index in [0.29, 0.717) is 0 Å². The minimum atomic E-state index is -0.219. The quantitative estimate of drug-likeness (QED) is 0.692. The lowest BCUT2D eigenvalue weighted by Gasteiger charge is -2.13. The fourth-order valence-electron chi connectivity index (χ4n) is 2.16. The lowest BCUT2D eigenvalue weighted by Crippen LogP contribution is -2.05. The lowest BCUT2D eigenvalue weighted by atomic mass is 10.0. The van der Waals surface area contributed by atoms with Crippen LogP contribution in [0.5, 0.6) is 0 Å². The van der Waals surface area contributed by atoms with Crippen LogP contribution in [0, 0.1) is 0 Å². The molecule has 0 aromatic heterocycles. The van der Waals surface area contributed by atoms with E-state index in [-0.39, 0.29) is 12.1 Å². The molecule has 0 heterocycles. The third-order valence-corrected chi connectivity index (χ3v) is 2.93. The highest BCUT2D eigenvalue weighted by molar-refractivity contribution is 5.66. The van der Waals surface area contributed by atoms with Crippen LogP contribution in [-0.2, 0) is 22.4 Å². The zero-order valence-electron chi connectivity index (χ0n) is 9.25. The second kappa shape index (κ2) is 4.05. The van der Waals surface area contributed by atoms with Crippen LogP contribution in [0.3, 0.4) is 0 Å². The molecule has 80 valence electrons. The van der Waals surface area contributed by atoms with Gasteiger partial charge in [0.2, 0.25) is 0 Å². The van der Waals surface area contributed by atoms with Gasteiger partial charge in [-0.15, -0.1) is 0 Å². The number of hydrogen-bond donors (Lipinski definition) is 0. The Morgan fingerprint density at radius 2 is 2.07 bits per heavy atom. The number of hydrogen-bond acceptors (Lipinski definition) is 2. The number of rotatable bonds is 2. The van der Waals surface area contributed by atoms with Crippen molar-refractivity contribution in [3.8, 4) is 0 Å².